The highest BCUT2D eigenvalue weighted by Crippen LogP contribution is 2.19. The third-order valence-corrected chi connectivity index (χ3v) is 19.9. The van der Waals surface area contributed by atoms with Crippen molar-refractivity contribution >= 4 is 137 Å². The molecule has 0 bridgehead atoms. The monoisotopic (exact) mass is 1810 g/mol. The van der Waals surface area contributed by atoms with Gasteiger partial charge in [-0.15, -0.1) is 0 Å². The fourth-order valence-electron chi connectivity index (χ4n) is 12.1. The topological polar surface area (TPSA) is 856 Å². The Hall–Kier alpha value is -12.0. The molecule has 1 aliphatic rings. The molecule has 35 N–H and O–H groups in total. The van der Waals surface area contributed by atoms with E-state index in [0.29, 0.717) is 6.42 Å². The number of amides is 20. The number of aromatic nitrogens is 2. The number of aromatic amines is 1. The molecule has 1 aromatic heterocycles. The van der Waals surface area contributed by atoms with E-state index in [1.165, 1.54) is 47.1 Å². The summed E-state index contributed by atoms with van der Waals surface area (Å²) in [5.74, 6) is -25.1. The molecule has 708 valence electrons. The molecule has 1 saturated heterocycles. The van der Waals surface area contributed by atoms with Gasteiger partial charge in [-0.3, -0.25) is 101 Å². The zero-order chi connectivity index (χ0) is 95.9. The van der Waals surface area contributed by atoms with Gasteiger partial charge in [0.15, 0.2) is 5.96 Å². The van der Waals surface area contributed by atoms with E-state index in [1.54, 1.807) is 13.8 Å². The number of nitrogens with zero attached hydrogens (tertiary/aromatic N) is 3. The Bertz CT molecular complexity index is 3970. The third kappa shape index (κ3) is 37.0. The molecule has 52 nitrogen and oxygen atoms in total. The number of hydrogen-bond donors (Lipinski definition) is 30. The van der Waals surface area contributed by atoms with Gasteiger partial charge in [0.25, 0.3) is 0 Å². The van der Waals surface area contributed by atoms with Crippen LogP contribution in [0, 0.1) is 17.8 Å². The van der Waals surface area contributed by atoms with Gasteiger partial charge in [0.05, 0.1) is 70.0 Å². The second-order valence-electron chi connectivity index (χ2n) is 30.5. The molecule has 2 heterocycles. The summed E-state index contributed by atoms with van der Waals surface area (Å²) in [4.78, 5) is 280. The molecular weight excluding hydrogens is 1690 g/mol. The van der Waals surface area contributed by atoms with Gasteiger partial charge in [-0.1, -0.05) is 48.0 Å². The first-order valence-corrected chi connectivity index (χ1v) is 40.8. The fraction of sp³-hybridized carbons (Fsp3) is 0.671. The minimum atomic E-state index is -2.05. The molecule has 20 unspecified atom stereocenters. The lowest BCUT2D eigenvalue weighted by Gasteiger charge is -2.30. The molecule has 1 fully saturated rings. The van der Waals surface area contributed by atoms with Crippen LogP contribution in [-0.2, 0) is 102 Å². The van der Waals surface area contributed by atoms with Crippen molar-refractivity contribution in [2.24, 2.45) is 57.1 Å². The first kappa shape index (κ1) is 110. The number of nitrogens with one attached hydrogen (secondary N) is 17. The average molecular weight is 1810 g/mol. The van der Waals surface area contributed by atoms with Crippen LogP contribution in [-0.4, -0.2) is 336 Å². The van der Waals surface area contributed by atoms with Gasteiger partial charge in [-0.2, -0.15) is 12.6 Å². The number of guanidine groups is 1. The summed E-state index contributed by atoms with van der Waals surface area (Å²) in [6.07, 6.45) is -5.92. The number of carbonyl (C=O) groups excluding carboxylic acids is 20. The Balaban J connectivity index is 2.29. The molecule has 20 amide bonds. The van der Waals surface area contributed by atoms with Crippen LogP contribution in [0.4, 0.5) is 0 Å². The number of carbonyl (C=O) groups is 20. The molecule has 0 aliphatic carbocycles. The summed E-state index contributed by atoms with van der Waals surface area (Å²) in [6, 6.07) is -25.7. The van der Waals surface area contributed by atoms with E-state index >= 15 is 0 Å². The number of hydrogen-bond acceptors (Lipinski definition) is 30. The molecule has 20 atom stereocenters. The van der Waals surface area contributed by atoms with E-state index < -0.39 is 309 Å². The van der Waals surface area contributed by atoms with Gasteiger partial charge in [-0.25, -0.2) is 4.98 Å². The number of nitrogens with two attached hydrogens (primary N) is 6. The molecule has 1 aromatic rings. The lowest BCUT2D eigenvalue weighted by atomic mass is 9.97. The SMILES string of the molecule is CCC(C)C(NC(=O)CNC(=O)C(Cc1cnc[nH]1)NC(=O)C(NC(=O)C(CS)NC(=O)C(CCC(N)=O)NC(=O)C(NC(=O)C(NC(=O)C(CO)NC(=O)C(NC(=O)C(CC(N)=O)NC(=O)C(NC(=O)C(CO)NC(=O)C1CCCN1C(=O)CNC(=O)C(NC(=O)CN)C(C)O)C(C)O)C(C)C)C(C)O)C(C)C)C(C)O)C(=O)NC(CCCN=C(N)N)C(N)=O. The van der Waals surface area contributed by atoms with Crippen LogP contribution in [0.25, 0.3) is 0 Å². The van der Waals surface area contributed by atoms with Crippen molar-refractivity contribution < 1.29 is 127 Å². The predicted octanol–water partition coefficient (Wildman–Crippen LogP) is -15.6. The molecule has 53 heteroatoms. The number of likely N-dealkylation sites (tertiary alicyclic amines) is 1. The summed E-state index contributed by atoms with van der Waals surface area (Å²) < 4.78 is 0. The van der Waals surface area contributed by atoms with E-state index in [1.807, 2.05) is 0 Å². The van der Waals surface area contributed by atoms with Gasteiger partial charge in [0, 0.05) is 43.6 Å². The molecule has 2 rings (SSSR count). The molecule has 0 aromatic carbocycles. The standard InChI is InChI=1S/C73H124N26O26S/c1-11-32(6)53(69(122)85-38(58(77)111)14-12-18-81-73(78)79)93-49(109)24-82-59(112)40(20-37-23-80-29-84-37)87-70(123)56(35(9)104)98-64(117)44(28-126)91-60(113)39(16-17-46(75)106)86-67(120)52(31(4)5)95-72(125)57(36(10)105)97-63(116)43(27-101)90-68(121)51(30(2)3)94-61(114)41(21-47(76)107)88-71(124)55(34(8)103)96-62(115)42(26-100)89-65(118)45-15-13-19-99(45)50(110)25-83-66(119)54(33(7)102)92-48(108)22-74/h23,29-36,38-45,51-57,100-105,126H,11-22,24-28,74H2,1-10H3,(H2,75,106)(H2,76,107)(H2,77,111)(H,80,84)(H,82,112)(H,83,119)(H,85,122)(H,86,120)(H,87,123)(H,88,124)(H,89,118)(H,90,121)(H,91,113)(H,92,108)(H,93,109)(H,94,114)(H,95,125)(H,96,115)(H,97,116)(H,98,117)(H4,78,79,81). The summed E-state index contributed by atoms with van der Waals surface area (Å²) in [6.45, 7) is 8.90. The average Bonchev–Trinajstić information content (AvgIpc) is 1.80. The van der Waals surface area contributed by atoms with Crippen molar-refractivity contribution in [1.82, 2.24) is 99.9 Å². The Morgan fingerprint density at radius 2 is 0.905 bits per heavy atom. The number of aliphatic hydroxyl groups excluding tert-OH is 6. The van der Waals surface area contributed by atoms with Gasteiger partial charge in [-0.05, 0) is 77.6 Å². The van der Waals surface area contributed by atoms with Crippen molar-refractivity contribution in [3.63, 3.8) is 0 Å². The Morgan fingerprint density at radius 3 is 1.37 bits per heavy atom. The minimum absolute atomic E-state index is 0.0173. The Kier molecular flexibility index (Phi) is 47.7. The van der Waals surface area contributed by atoms with Crippen LogP contribution >= 0.6 is 12.6 Å². The highest BCUT2D eigenvalue weighted by molar-refractivity contribution is 7.80. The highest BCUT2D eigenvalue weighted by Gasteiger charge is 2.43. The summed E-state index contributed by atoms with van der Waals surface area (Å²) in [7, 11) is 0. The molecular formula is C73H124N26O26S. The first-order valence-electron chi connectivity index (χ1n) is 40.2. The number of H-pyrrole nitrogens is 1. The van der Waals surface area contributed by atoms with Crippen LogP contribution in [0.3, 0.4) is 0 Å². The molecule has 0 radical (unpaired) electrons. The number of rotatable bonds is 56. The Morgan fingerprint density at radius 1 is 0.484 bits per heavy atom. The van der Waals surface area contributed by atoms with Crippen LogP contribution in [0.1, 0.15) is 126 Å². The van der Waals surface area contributed by atoms with E-state index in [0.717, 1.165) is 25.7 Å². The second kappa shape index (κ2) is 54.6. The maximum Gasteiger partial charge on any atom is 0.245 e. The maximum absolute atomic E-state index is 14.2. The molecule has 0 spiro atoms. The molecule has 1 aliphatic heterocycles. The predicted molar refractivity (Wildman–Crippen MR) is 444 cm³/mol. The summed E-state index contributed by atoms with van der Waals surface area (Å²) >= 11 is 4.18. The van der Waals surface area contributed by atoms with Crippen molar-refractivity contribution in [2.45, 2.75) is 242 Å². The van der Waals surface area contributed by atoms with E-state index in [-0.39, 0.29) is 56.8 Å². The number of thiol groups is 1. The van der Waals surface area contributed by atoms with Gasteiger partial charge >= 0.3 is 0 Å². The quantitative estimate of drug-likeness (QED) is 0.0125. The number of aliphatic hydroxyl groups is 6. The van der Waals surface area contributed by atoms with E-state index in [9.17, 15) is 127 Å². The van der Waals surface area contributed by atoms with Crippen molar-refractivity contribution in [3.05, 3.63) is 18.2 Å². The lowest BCUT2D eigenvalue weighted by Crippen LogP contribution is -2.64. The van der Waals surface area contributed by atoms with Gasteiger partial charge in [0.1, 0.15) is 90.6 Å². The molecule has 0 saturated carbocycles. The summed E-state index contributed by atoms with van der Waals surface area (Å²) in [5, 5.41) is 99.8. The van der Waals surface area contributed by atoms with Crippen LogP contribution in [0.2, 0.25) is 0 Å². The molecule has 126 heavy (non-hydrogen) atoms. The Labute approximate surface area is 729 Å². The fourth-order valence-corrected chi connectivity index (χ4v) is 12.4. The van der Waals surface area contributed by atoms with Crippen molar-refractivity contribution in [1.29, 1.82) is 0 Å². The van der Waals surface area contributed by atoms with Crippen LogP contribution < -0.4 is 119 Å². The second-order valence-corrected chi connectivity index (χ2v) is 30.9. The first-order chi connectivity index (χ1) is 59.0. The third-order valence-electron chi connectivity index (χ3n) is 19.5. The smallest absolute Gasteiger partial charge is 0.245 e. The van der Waals surface area contributed by atoms with E-state index in [2.05, 4.69) is 113 Å². The van der Waals surface area contributed by atoms with Crippen LogP contribution in [0.15, 0.2) is 17.5 Å². The normalized spacial score (nSPS) is 16.9. The van der Waals surface area contributed by atoms with Gasteiger partial charge in [0.2, 0.25) is 118 Å². The highest BCUT2D eigenvalue weighted by atomic mass is 32.1. The minimum Gasteiger partial charge on any atom is -0.394 e. The zero-order valence-corrected chi connectivity index (χ0v) is 72.4. The largest absolute Gasteiger partial charge is 0.394 e. The summed E-state index contributed by atoms with van der Waals surface area (Å²) in [5.41, 5.74) is 32.6. The number of primary amides is 3. The lowest BCUT2D eigenvalue weighted by molar-refractivity contribution is -0.141. The van der Waals surface area contributed by atoms with Crippen molar-refractivity contribution in [2.75, 3.05) is 51.7 Å². The van der Waals surface area contributed by atoms with Crippen molar-refractivity contribution in [3.8, 4) is 0 Å². The van der Waals surface area contributed by atoms with Crippen LogP contribution in [0.5, 0.6) is 0 Å². The maximum atomic E-state index is 14.2. The van der Waals surface area contributed by atoms with Gasteiger partial charge < -0.3 is 160 Å². The number of aliphatic imine (C=N–C) groups is 1. The zero-order valence-electron chi connectivity index (χ0n) is 71.5. The number of imidazole rings is 1. The van der Waals surface area contributed by atoms with E-state index in [4.69, 9.17) is 34.4 Å².